The molecule has 6 nitrogen and oxygen atoms in total. The fourth-order valence-electron chi connectivity index (χ4n) is 4.61. The van der Waals surface area contributed by atoms with Crippen LogP contribution >= 0.6 is 0 Å². The van der Waals surface area contributed by atoms with Gasteiger partial charge < -0.3 is 19.6 Å². The number of hydrogen-bond acceptors (Lipinski definition) is 5. The molecule has 1 unspecified atom stereocenters. The molecular weight excluding hydrogens is 450 g/mol. The van der Waals surface area contributed by atoms with Crippen molar-refractivity contribution in [3.63, 3.8) is 0 Å². The third kappa shape index (κ3) is 7.65. The number of benzene rings is 3. The minimum Gasteiger partial charge on any atom is -0.446 e. The van der Waals surface area contributed by atoms with Crippen molar-refractivity contribution in [3.8, 4) is 11.1 Å². The number of amides is 1. The van der Waals surface area contributed by atoms with Crippen LogP contribution in [0.15, 0.2) is 84.9 Å². The molecule has 2 N–H and O–H groups in total. The van der Waals surface area contributed by atoms with E-state index in [0.717, 1.165) is 74.4 Å². The van der Waals surface area contributed by atoms with Crippen molar-refractivity contribution in [2.75, 3.05) is 45.1 Å². The molecule has 1 saturated heterocycles. The highest BCUT2D eigenvalue weighted by Crippen LogP contribution is 2.28. The average molecular weight is 488 g/mol. The molecule has 0 aromatic heterocycles. The molecule has 0 bridgehead atoms. The quantitative estimate of drug-likeness (QED) is 0.400. The second-order valence-corrected chi connectivity index (χ2v) is 9.50. The van der Waals surface area contributed by atoms with Gasteiger partial charge in [-0.15, -0.1) is 0 Å². The minimum atomic E-state index is -0.424. The number of likely N-dealkylation sites (tertiary alicyclic amines) is 1. The van der Waals surface area contributed by atoms with Gasteiger partial charge in [0.15, 0.2) is 0 Å². The van der Waals surface area contributed by atoms with E-state index in [1.807, 2.05) is 84.9 Å². The van der Waals surface area contributed by atoms with Crippen molar-refractivity contribution in [1.29, 1.82) is 0 Å². The molecule has 190 valence electrons. The summed E-state index contributed by atoms with van der Waals surface area (Å²) >= 11 is 0. The molecule has 1 heterocycles. The van der Waals surface area contributed by atoms with Gasteiger partial charge >= 0.3 is 6.09 Å². The van der Waals surface area contributed by atoms with Gasteiger partial charge in [0.1, 0.15) is 6.10 Å². The van der Waals surface area contributed by atoms with Gasteiger partial charge in [0.2, 0.25) is 0 Å². The molecular formula is C30H37N3O3. The first-order valence-electron chi connectivity index (χ1n) is 12.8. The van der Waals surface area contributed by atoms with Crippen LogP contribution in [-0.2, 0) is 4.74 Å². The number of nitrogens with zero attached hydrogens (tertiary/aromatic N) is 2. The summed E-state index contributed by atoms with van der Waals surface area (Å²) in [5.74, 6) is 0. The lowest BCUT2D eigenvalue weighted by atomic mass is 10.0. The van der Waals surface area contributed by atoms with Gasteiger partial charge in [-0.2, -0.15) is 0 Å². The van der Waals surface area contributed by atoms with Crippen molar-refractivity contribution in [3.05, 3.63) is 90.5 Å². The van der Waals surface area contributed by atoms with E-state index >= 15 is 0 Å². The third-order valence-corrected chi connectivity index (χ3v) is 6.82. The van der Waals surface area contributed by atoms with Crippen LogP contribution in [0, 0.1) is 0 Å². The molecule has 1 aliphatic rings. The molecule has 0 aliphatic carbocycles. The zero-order valence-electron chi connectivity index (χ0n) is 21.1. The van der Waals surface area contributed by atoms with Gasteiger partial charge in [-0.05, 0) is 43.5 Å². The summed E-state index contributed by atoms with van der Waals surface area (Å²) in [4.78, 5) is 17.3. The van der Waals surface area contributed by atoms with E-state index in [2.05, 4.69) is 22.2 Å². The van der Waals surface area contributed by atoms with Crippen molar-refractivity contribution in [2.45, 2.75) is 31.5 Å². The van der Waals surface area contributed by atoms with E-state index in [1.165, 1.54) is 0 Å². The van der Waals surface area contributed by atoms with Gasteiger partial charge in [0.25, 0.3) is 0 Å². The molecule has 3 aromatic rings. The molecule has 6 heteroatoms. The number of anilines is 1. The summed E-state index contributed by atoms with van der Waals surface area (Å²) in [6.45, 7) is 4.60. The Balaban J connectivity index is 1.15. The molecule has 0 radical (unpaired) electrons. The molecule has 4 rings (SSSR count). The van der Waals surface area contributed by atoms with Gasteiger partial charge in [0, 0.05) is 38.3 Å². The summed E-state index contributed by atoms with van der Waals surface area (Å²) in [7, 11) is 2.10. The number of aliphatic hydroxyl groups is 1. The summed E-state index contributed by atoms with van der Waals surface area (Å²) in [5.41, 5.74) is 3.76. The molecule has 1 atom stereocenters. The Labute approximate surface area is 214 Å². The first kappa shape index (κ1) is 25.9. The molecule has 36 heavy (non-hydrogen) atoms. The van der Waals surface area contributed by atoms with Crippen LogP contribution in [0.1, 0.15) is 30.9 Å². The first-order valence-corrected chi connectivity index (χ1v) is 12.8. The lowest BCUT2D eigenvalue weighted by Gasteiger charge is -2.32. The lowest BCUT2D eigenvalue weighted by molar-refractivity contribution is 0.0558. The van der Waals surface area contributed by atoms with Crippen LogP contribution < -0.4 is 5.32 Å². The van der Waals surface area contributed by atoms with Crippen molar-refractivity contribution in [2.24, 2.45) is 0 Å². The van der Waals surface area contributed by atoms with Crippen molar-refractivity contribution in [1.82, 2.24) is 9.80 Å². The zero-order chi connectivity index (χ0) is 25.2. The number of rotatable bonds is 10. The van der Waals surface area contributed by atoms with E-state index in [-0.39, 0.29) is 6.10 Å². The number of ether oxygens (including phenoxy) is 1. The fraction of sp³-hybridized carbons (Fsp3) is 0.367. The smallest absolute Gasteiger partial charge is 0.411 e. The van der Waals surface area contributed by atoms with Gasteiger partial charge in [0.05, 0.1) is 11.8 Å². The number of piperidine rings is 1. The van der Waals surface area contributed by atoms with Crippen molar-refractivity contribution >= 4 is 11.8 Å². The number of carbonyl (C=O) groups is 1. The van der Waals surface area contributed by atoms with Crippen molar-refractivity contribution < 1.29 is 14.6 Å². The van der Waals surface area contributed by atoms with E-state index < -0.39 is 12.2 Å². The Hall–Kier alpha value is -3.19. The van der Waals surface area contributed by atoms with E-state index in [4.69, 9.17) is 4.74 Å². The zero-order valence-corrected chi connectivity index (χ0v) is 21.1. The van der Waals surface area contributed by atoms with Crippen LogP contribution in [0.2, 0.25) is 0 Å². The topological polar surface area (TPSA) is 65.0 Å². The first-order chi connectivity index (χ1) is 17.6. The van der Waals surface area contributed by atoms with Crippen LogP contribution in [0.5, 0.6) is 0 Å². The van der Waals surface area contributed by atoms with Gasteiger partial charge in [-0.25, -0.2) is 4.79 Å². The Morgan fingerprint density at radius 1 is 0.972 bits per heavy atom. The summed E-state index contributed by atoms with van der Waals surface area (Å²) < 4.78 is 5.75. The fourth-order valence-corrected chi connectivity index (χ4v) is 4.61. The summed E-state index contributed by atoms with van der Waals surface area (Å²) in [5, 5.41) is 13.3. The average Bonchev–Trinajstić information content (AvgIpc) is 2.92. The second-order valence-electron chi connectivity index (χ2n) is 9.50. The SMILES string of the molecule is CN(CCC(O)c1ccccc1)CCN1CCC(OC(=O)Nc2ccccc2-c2ccccc2)CC1. The van der Waals surface area contributed by atoms with E-state index in [0.29, 0.717) is 0 Å². The maximum absolute atomic E-state index is 12.6. The second kappa shape index (κ2) is 13.2. The normalized spacial score (nSPS) is 15.5. The number of carbonyl (C=O) groups excluding carboxylic acids is 1. The van der Waals surface area contributed by atoms with Gasteiger partial charge in [-0.3, -0.25) is 5.32 Å². The largest absolute Gasteiger partial charge is 0.446 e. The number of nitrogens with one attached hydrogen (secondary N) is 1. The maximum atomic E-state index is 12.6. The Morgan fingerprint density at radius 2 is 1.61 bits per heavy atom. The van der Waals surface area contributed by atoms with E-state index in [1.54, 1.807) is 0 Å². The molecule has 1 amide bonds. The Morgan fingerprint density at radius 3 is 2.33 bits per heavy atom. The van der Waals surface area contributed by atoms with Gasteiger partial charge in [-0.1, -0.05) is 78.9 Å². The standard InChI is InChI=1S/C30H37N3O3/c1-32(19-18-29(34)25-12-6-3-7-13-25)22-23-33-20-16-26(17-21-33)36-30(35)31-28-15-9-8-14-27(28)24-10-4-2-5-11-24/h2-15,26,29,34H,16-23H2,1H3,(H,31,35). The molecule has 1 fully saturated rings. The number of para-hydroxylation sites is 1. The summed E-state index contributed by atoms with van der Waals surface area (Å²) in [6, 6.07) is 27.7. The predicted octanol–water partition coefficient (Wildman–Crippen LogP) is 5.42. The maximum Gasteiger partial charge on any atom is 0.411 e. The molecule has 0 saturated carbocycles. The Bertz CT molecular complexity index is 1070. The highest BCUT2D eigenvalue weighted by Gasteiger charge is 2.23. The van der Waals surface area contributed by atoms with Crippen LogP contribution in [0.3, 0.4) is 0 Å². The highest BCUT2D eigenvalue weighted by atomic mass is 16.6. The predicted molar refractivity (Wildman–Crippen MR) is 145 cm³/mol. The highest BCUT2D eigenvalue weighted by molar-refractivity contribution is 5.91. The monoisotopic (exact) mass is 487 g/mol. The summed E-state index contributed by atoms with van der Waals surface area (Å²) in [6.07, 6.45) is 1.51. The number of aliphatic hydroxyl groups excluding tert-OH is 1. The van der Waals surface area contributed by atoms with E-state index in [9.17, 15) is 9.90 Å². The van der Waals surface area contributed by atoms with Crippen LogP contribution in [-0.4, -0.2) is 66.9 Å². The molecule has 0 spiro atoms. The third-order valence-electron chi connectivity index (χ3n) is 6.82. The molecule has 3 aromatic carbocycles. The molecule has 1 aliphatic heterocycles. The van der Waals surface area contributed by atoms with Crippen LogP contribution in [0.4, 0.5) is 10.5 Å². The van der Waals surface area contributed by atoms with Crippen LogP contribution in [0.25, 0.3) is 11.1 Å². The lowest BCUT2D eigenvalue weighted by Crippen LogP contribution is -2.41. The Kier molecular flexibility index (Phi) is 9.50. The number of likely N-dealkylation sites (N-methyl/N-ethyl adjacent to an activating group) is 1. The minimum absolute atomic E-state index is 0.0658. The number of hydrogen-bond donors (Lipinski definition) is 2.